The van der Waals surface area contributed by atoms with Gasteiger partial charge in [-0.1, -0.05) is 23.9 Å². The number of pyridine rings is 1. The van der Waals surface area contributed by atoms with Crippen LogP contribution in [0.4, 0.5) is 19.3 Å². The molecule has 2 heterocycles. The van der Waals surface area contributed by atoms with Gasteiger partial charge in [-0.05, 0) is 42.7 Å². The van der Waals surface area contributed by atoms with E-state index in [0.717, 1.165) is 18.4 Å². The summed E-state index contributed by atoms with van der Waals surface area (Å²) < 4.78 is 25.3. The van der Waals surface area contributed by atoms with Gasteiger partial charge in [0.25, 0.3) is 5.76 Å². The van der Waals surface area contributed by atoms with Crippen molar-refractivity contribution in [1.82, 2.24) is 9.88 Å². The number of amides is 2. The lowest BCUT2D eigenvalue weighted by molar-refractivity contribution is 0.207. The van der Waals surface area contributed by atoms with Crippen molar-refractivity contribution in [3.63, 3.8) is 0 Å². The molecular formula is C17H17F2N3OS. The number of urea groups is 1. The molecule has 7 heteroatoms. The quantitative estimate of drug-likeness (QED) is 0.809. The molecule has 1 unspecified atom stereocenters. The summed E-state index contributed by atoms with van der Waals surface area (Å²) in [4.78, 5) is 18.8. The first-order valence-corrected chi connectivity index (χ1v) is 8.54. The summed E-state index contributed by atoms with van der Waals surface area (Å²) >= 11 is 0.432. The Balaban J connectivity index is 1.75. The van der Waals surface area contributed by atoms with E-state index in [-0.39, 0.29) is 12.1 Å². The molecule has 3 rings (SSSR count). The third-order valence-corrected chi connectivity index (χ3v) is 4.74. The third kappa shape index (κ3) is 3.84. The van der Waals surface area contributed by atoms with Gasteiger partial charge in [0.15, 0.2) is 0 Å². The number of carbonyl (C=O) groups is 1. The third-order valence-electron chi connectivity index (χ3n) is 3.95. The minimum atomic E-state index is -2.53. The van der Waals surface area contributed by atoms with Gasteiger partial charge in [-0.15, -0.1) is 0 Å². The fourth-order valence-electron chi connectivity index (χ4n) is 2.90. The first kappa shape index (κ1) is 16.7. The van der Waals surface area contributed by atoms with Crippen molar-refractivity contribution in [2.24, 2.45) is 0 Å². The van der Waals surface area contributed by atoms with E-state index in [0.29, 0.717) is 28.9 Å². The van der Waals surface area contributed by atoms with Crippen LogP contribution in [-0.4, -0.2) is 28.2 Å². The number of carbonyl (C=O) groups excluding carboxylic acids is 1. The largest absolute Gasteiger partial charge is 0.322 e. The summed E-state index contributed by atoms with van der Waals surface area (Å²) in [5, 5.41) is 2.77. The number of anilines is 1. The Morgan fingerprint density at radius 3 is 2.75 bits per heavy atom. The van der Waals surface area contributed by atoms with Crippen LogP contribution in [0.5, 0.6) is 0 Å². The number of hydrogen-bond donors (Lipinski definition) is 1. The van der Waals surface area contributed by atoms with E-state index >= 15 is 0 Å². The van der Waals surface area contributed by atoms with E-state index in [1.54, 1.807) is 41.6 Å². The Morgan fingerprint density at radius 2 is 2.00 bits per heavy atom. The second-order valence-electron chi connectivity index (χ2n) is 5.44. The molecule has 1 aromatic heterocycles. The molecule has 0 radical (unpaired) electrons. The second kappa shape index (κ2) is 7.61. The first-order valence-electron chi connectivity index (χ1n) is 7.66. The molecule has 0 spiro atoms. The van der Waals surface area contributed by atoms with Gasteiger partial charge >= 0.3 is 6.03 Å². The average Bonchev–Trinajstić information content (AvgIpc) is 3.07. The summed E-state index contributed by atoms with van der Waals surface area (Å²) in [5.41, 5.74) is 1.45. The van der Waals surface area contributed by atoms with Crippen LogP contribution in [0.2, 0.25) is 0 Å². The van der Waals surface area contributed by atoms with Crippen molar-refractivity contribution in [1.29, 1.82) is 0 Å². The number of likely N-dealkylation sites (tertiary alicyclic amines) is 1. The molecule has 126 valence electrons. The van der Waals surface area contributed by atoms with Gasteiger partial charge in [0.2, 0.25) is 0 Å². The van der Waals surface area contributed by atoms with Crippen LogP contribution >= 0.6 is 11.8 Å². The van der Waals surface area contributed by atoms with Crippen LogP contribution in [-0.2, 0) is 0 Å². The number of hydrogen-bond acceptors (Lipinski definition) is 3. The van der Waals surface area contributed by atoms with Gasteiger partial charge in [-0.2, -0.15) is 8.78 Å². The zero-order valence-electron chi connectivity index (χ0n) is 12.9. The van der Waals surface area contributed by atoms with Gasteiger partial charge in [0.1, 0.15) is 0 Å². The number of alkyl halides is 2. The van der Waals surface area contributed by atoms with E-state index < -0.39 is 5.76 Å². The second-order valence-corrected chi connectivity index (χ2v) is 6.47. The fourth-order valence-corrected chi connectivity index (χ4v) is 3.49. The lowest BCUT2D eigenvalue weighted by Crippen LogP contribution is -2.34. The predicted molar refractivity (Wildman–Crippen MR) is 90.2 cm³/mol. The first-order chi connectivity index (χ1) is 11.6. The van der Waals surface area contributed by atoms with Crippen LogP contribution in [0.25, 0.3) is 0 Å². The van der Waals surface area contributed by atoms with Gasteiger partial charge < -0.3 is 10.2 Å². The van der Waals surface area contributed by atoms with Crippen LogP contribution in [0.3, 0.4) is 0 Å². The van der Waals surface area contributed by atoms with E-state index in [4.69, 9.17) is 0 Å². The topological polar surface area (TPSA) is 45.2 Å². The minimum absolute atomic E-state index is 0.0112. The molecule has 4 nitrogen and oxygen atoms in total. The Bertz CT molecular complexity index is 699. The number of benzene rings is 1. The number of nitrogens with one attached hydrogen (secondary N) is 1. The van der Waals surface area contributed by atoms with E-state index in [1.165, 1.54) is 0 Å². The zero-order valence-corrected chi connectivity index (χ0v) is 13.7. The summed E-state index contributed by atoms with van der Waals surface area (Å²) in [6.45, 7) is 0.642. The lowest BCUT2D eigenvalue weighted by atomic mass is 10.1. The summed E-state index contributed by atoms with van der Waals surface area (Å²) in [7, 11) is 0. The van der Waals surface area contributed by atoms with Crippen molar-refractivity contribution in [2.45, 2.75) is 29.5 Å². The number of nitrogens with zero attached hydrogens (tertiary/aromatic N) is 2. The molecular weight excluding hydrogens is 332 g/mol. The van der Waals surface area contributed by atoms with Crippen molar-refractivity contribution in [3.8, 4) is 0 Å². The maximum atomic E-state index is 12.7. The van der Waals surface area contributed by atoms with E-state index in [9.17, 15) is 13.6 Å². The Hall–Kier alpha value is -2.15. The molecule has 1 atom stereocenters. The molecule has 2 amide bonds. The van der Waals surface area contributed by atoms with Gasteiger partial charge in [0.05, 0.1) is 11.7 Å². The highest BCUT2D eigenvalue weighted by atomic mass is 32.2. The molecule has 24 heavy (non-hydrogen) atoms. The molecule has 2 aromatic rings. The van der Waals surface area contributed by atoms with Crippen LogP contribution < -0.4 is 5.32 Å². The highest BCUT2D eigenvalue weighted by Crippen LogP contribution is 2.34. The maximum Gasteiger partial charge on any atom is 0.322 e. The standard InChI is InChI=1S/C17H17F2N3OS/c18-16(19)24-15-6-2-1-4-13(15)21-17(23)22-11-3-5-14(22)12-7-9-20-10-8-12/h1-2,4,6-10,14,16H,3,5,11H2,(H,21,23). The van der Waals surface area contributed by atoms with Crippen LogP contribution in [0.1, 0.15) is 24.4 Å². The molecule has 0 aliphatic carbocycles. The van der Waals surface area contributed by atoms with Crippen LogP contribution in [0.15, 0.2) is 53.7 Å². The number of halogens is 2. The summed E-state index contributed by atoms with van der Waals surface area (Å²) in [6.07, 6.45) is 5.20. The Kier molecular flexibility index (Phi) is 5.30. The maximum absolute atomic E-state index is 12.7. The highest BCUT2D eigenvalue weighted by Gasteiger charge is 2.30. The van der Waals surface area contributed by atoms with Gasteiger partial charge in [0, 0.05) is 23.8 Å². The highest BCUT2D eigenvalue weighted by molar-refractivity contribution is 7.99. The number of para-hydroxylation sites is 1. The normalized spacial score (nSPS) is 17.3. The smallest absolute Gasteiger partial charge is 0.317 e. The number of thioether (sulfide) groups is 1. The van der Waals surface area contributed by atoms with E-state index in [1.807, 2.05) is 12.1 Å². The van der Waals surface area contributed by atoms with E-state index in [2.05, 4.69) is 10.3 Å². The zero-order chi connectivity index (χ0) is 16.9. The lowest BCUT2D eigenvalue weighted by Gasteiger charge is -2.25. The average molecular weight is 349 g/mol. The molecule has 1 saturated heterocycles. The van der Waals surface area contributed by atoms with Crippen molar-refractivity contribution in [2.75, 3.05) is 11.9 Å². The number of rotatable bonds is 4. The van der Waals surface area contributed by atoms with Crippen molar-refractivity contribution >= 4 is 23.5 Å². The summed E-state index contributed by atoms with van der Waals surface area (Å²) in [5.74, 6) is -2.53. The summed E-state index contributed by atoms with van der Waals surface area (Å²) in [6, 6.07) is 10.1. The van der Waals surface area contributed by atoms with Crippen LogP contribution in [0, 0.1) is 0 Å². The SMILES string of the molecule is O=C(Nc1ccccc1SC(F)F)N1CCCC1c1ccncc1. The molecule has 1 aliphatic rings. The number of aromatic nitrogens is 1. The predicted octanol–water partition coefficient (Wildman–Crippen LogP) is 4.77. The van der Waals surface area contributed by atoms with Gasteiger partial charge in [-0.3, -0.25) is 4.98 Å². The fraction of sp³-hybridized carbons (Fsp3) is 0.294. The molecule has 1 aliphatic heterocycles. The van der Waals surface area contributed by atoms with Crippen molar-refractivity contribution < 1.29 is 13.6 Å². The molecule has 0 saturated carbocycles. The monoisotopic (exact) mass is 349 g/mol. The molecule has 1 fully saturated rings. The molecule has 1 aromatic carbocycles. The molecule has 1 N–H and O–H groups in total. The van der Waals surface area contributed by atoms with Crippen molar-refractivity contribution in [3.05, 3.63) is 54.4 Å². The molecule has 0 bridgehead atoms. The minimum Gasteiger partial charge on any atom is -0.317 e. The van der Waals surface area contributed by atoms with Gasteiger partial charge in [-0.25, -0.2) is 4.79 Å². The Morgan fingerprint density at radius 1 is 1.25 bits per heavy atom. The Labute approximate surface area is 143 Å².